The molecule has 0 unspecified atom stereocenters. The zero-order valence-electron chi connectivity index (χ0n) is 10.6. The highest BCUT2D eigenvalue weighted by Crippen LogP contribution is 2.27. The molecule has 0 fully saturated rings. The molecule has 5 heteroatoms. The second-order valence-electron chi connectivity index (χ2n) is 3.99. The van der Waals surface area contributed by atoms with E-state index in [4.69, 9.17) is 11.6 Å². The van der Waals surface area contributed by atoms with Gasteiger partial charge < -0.3 is 16.3 Å². The third-order valence-electron chi connectivity index (χ3n) is 2.80. The molecule has 1 aromatic heterocycles. The molecule has 0 spiro atoms. The van der Waals surface area contributed by atoms with Gasteiger partial charge in [0.15, 0.2) is 0 Å². The number of benzene rings is 2. The first-order valence-electron chi connectivity index (χ1n) is 5.70. The van der Waals surface area contributed by atoms with E-state index in [1.54, 1.807) is 6.20 Å². The number of anilines is 2. The molecule has 0 saturated heterocycles. The minimum atomic E-state index is 0. The van der Waals surface area contributed by atoms with Crippen molar-refractivity contribution in [1.82, 2.24) is 4.98 Å². The molecular formula is C15H15ClN2O2. The standard InChI is InChI=1S/C15H11ClN2.2H2O/c16-13-7-3-4-8-14(13)18-15-12-6-2-1-5-11(12)9-10-17-15;;/h1-10H,(H,17,18);2*1H2. The average Bonchev–Trinajstić information content (AvgIpc) is 2.42. The topological polar surface area (TPSA) is 87.9 Å². The summed E-state index contributed by atoms with van der Waals surface area (Å²) in [4.78, 5) is 4.37. The van der Waals surface area contributed by atoms with Gasteiger partial charge >= 0.3 is 0 Å². The lowest BCUT2D eigenvalue weighted by molar-refractivity contribution is 0.823. The van der Waals surface area contributed by atoms with E-state index in [0.29, 0.717) is 5.02 Å². The molecule has 1 heterocycles. The quantitative estimate of drug-likeness (QED) is 0.786. The van der Waals surface area contributed by atoms with Crippen molar-refractivity contribution in [3.8, 4) is 0 Å². The van der Waals surface area contributed by atoms with Crippen molar-refractivity contribution in [3.05, 3.63) is 65.8 Å². The number of hydrogen-bond donors (Lipinski definition) is 1. The molecule has 0 saturated carbocycles. The first-order valence-corrected chi connectivity index (χ1v) is 6.08. The lowest BCUT2D eigenvalue weighted by Gasteiger charge is -2.09. The van der Waals surface area contributed by atoms with Gasteiger partial charge in [-0.2, -0.15) is 0 Å². The zero-order chi connectivity index (χ0) is 12.4. The number of fused-ring (bicyclic) bond motifs is 1. The van der Waals surface area contributed by atoms with Gasteiger partial charge in [-0.3, -0.25) is 0 Å². The van der Waals surface area contributed by atoms with E-state index in [1.165, 1.54) is 0 Å². The van der Waals surface area contributed by atoms with Crippen molar-refractivity contribution in [3.63, 3.8) is 0 Å². The van der Waals surface area contributed by atoms with E-state index in [0.717, 1.165) is 22.3 Å². The van der Waals surface area contributed by atoms with Crippen LogP contribution in [0.15, 0.2) is 60.8 Å². The van der Waals surface area contributed by atoms with Crippen molar-refractivity contribution in [1.29, 1.82) is 0 Å². The van der Waals surface area contributed by atoms with Gasteiger partial charge in [0, 0.05) is 11.6 Å². The number of aromatic nitrogens is 1. The molecule has 0 atom stereocenters. The Hall–Kier alpha value is -2.14. The maximum absolute atomic E-state index is 6.14. The summed E-state index contributed by atoms with van der Waals surface area (Å²) in [5.41, 5.74) is 0.864. The predicted molar refractivity (Wildman–Crippen MR) is 83.7 cm³/mol. The van der Waals surface area contributed by atoms with E-state index in [9.17, 15) is 0 Å². The van der Waals surface area contributed by atoms with E-state index < -0.39 is 0 Å². The Balaban J connectivity index is 0.000001000. The largest absolute Gasteiger partial charge is 0.412 e. The van der Waals surface area contributed by atoms with Crippen LogP contribution >= 0.6 is 11.6 Å². The van der Waals surface area contributed by atoms with Gasteiger partial charge in [-0.05, 0) is 23.6 Å². The van der Waals surface area contributed by atoms with Crippen molar-refractivity contribution in [2.45, 2.75) is 0 Å². The van der Waals surface area contributed by atoms with Crippen LogP contribution in [0.5, 0.6) is 0 Å². The summed E-state index contributed by atoms with van der Waals surface area (Å²) in [6.45, 7) is 0. The predicted octanol–water partition coefficient (Wildman–Crippen LogP) is 2.98. The molecule has 3 aromatic rings. The molecule has 2 aromatic carbocycles. The maximum atomic E-state index is 6.14. The second-order valence-corrected chi connectivity index (χ2v) is 4.39. The molecule has 0 aliphatic rings. The van der Waals surface area contributed by atoms with Gasteiger partial charge in [0.1, 0.15) is 5.82 Å². The number of hydrogen-bond acceptors (Lipinski definition) is 2. The summed E-state index contributed by atoms with van der Waals surface area (Å²) < 4.78 is 0. The third kappa shape index (κ3) is 3.05. The minimum Gasteiger partial charge on any atom is -0.412 e. The molecule has 0 aliphatic heterocycles. The van der Waals surface area contributed by atoms with Crippen LogP contribution in [0, 0.1) is 0 Å². The summed E-state index contributed by atoms with van der Waals surface area (Å²) in [6, 6.07) is 17.8. The average molecular weight is 291 g/mol. The van der Waals surface area contributed by atoms with Gasteiger partial charge in [-0.25, -0.2) is 4.98 Å². The summed E-state index contributed by atoms with van der Waals surface area (Å²) in [5.74, 6) is 0.821. The lowest BCUT2D eigenvalue weighted by atomic mass is 10.1. The molecule has 0 amide bonds. The molecule has 20 heavy (non-hydrogen) atoms. The highest BCUT2D eigenvalue weighted by molar-refractivity contribution is 6.33. The molecule has 5 N–H and O–H groups in total. The van der Waals surface area contributed by atoms with E-state index >= 15 is 0 Å². The minimum absolute atomic E-state index is 0. The lowest BCUT2D eigenvalue weighted by Crippen LogP contribution is -1.94. The van der Waals surface area contributed by atoms with Crippen LogP contribution in [0.25, 0.3) is 10.8 Å². The first-order chi connectivity index (χ1) is 8.84. The number of halogens is 1. The number of pyridine rings is 1. The van der Waals surface area contributed by atoms with Crippen LogP contribution in [-0.4, -0.2) is 15.9 Å². The summed E-state index contributed by atoms with van der Waals surface area (Å²) in [7, 11) is 0. The Kier molecular flexibility index (Phi) is 5.46. The summed E-state index contributed by atoms with van der Waals surface area (Å²) in [5, 5.41) is 6.20. The monoisotopic (exact) mass is 290 g/mol. The highest BCUT2D eigenvalue weighted by atomic mass is 35.5. The smallest absolute Gasteiger partial charge is 0.138 e. The molecule has 104 valence electrons. The highest BCUT2D eigenvalue weighted by Gasteiger charge is 2.04. The van der Waals surface area contributed by atoms with Crippen molar-refractivity contribution in [2.75, 3.05) is 5.32 Å². The molecule has 0 bridgehead atoms. The fourth-order valence-corrected chi connectivity index (χ4v) is 2.09. The Morgan fingerprint density at radius 1 is 0.850 bits per heavy atom. The van der Waals surface area contributed by atoms with Gasteiger partial charge in [0.05, 0.1) is 10.7 Å². The van der Waals surface area contributed by atoms with Gasteiger partial charge in [-0.1, -0.05) is 48.0 Å². The van der Waals surface area contributed by atoms with Crippen LogP contribution in [-0.2, 0) is 0 Å². The zero-order valence-corrected chi connectivity index (χ0v) is 11.4. The SMILES string of the molecule is Clc1ccccc1Nc1nccc2ccccc12.O.O. The van der Waals surface area contributed by atoms with E-state index in [-0.39, 0.29) is 11.0 Å². The fourth-order valence-electron chi connectivity index (χ4n) is 1.91. The Morgan fingerprint density at radius 3 is 2.35 bits per heavy atom. The molecular weight excluding hydrogens is 276 g/mol. The van der Waals surface area contributed by atoms with Crippen LogP contribution in [0.1, 0.15) is 0 Å². The number of para-hydroxylation sites is 1. The van der Waals surface area contributed by atoms with Gasteiger partial charge in [0.2, 0.25) is 0 Å². The Morgan fingerprint density at radius 2 is 1.55 bits per heavy atom. The van der Waals surface area contributed by atoms with Crippen LogP contribution in [0.3, 0.4) is 0 Å². The number of nitrogens with one attached hydrogen (secondary N) is 1. The molecule has 0 radical (unpaired) electrons. The molecule has 3 rings (SSSR count). The van der Waals surface area contributed by atoms with Crippen LogP contribution < -0.4 is 5.32 Å². The fraction of sp³-hybridized carbons (Fsp3) is 0. The van der Waals surface area contributed by atoms with Gasteiger partial charge in [-0.15, -0.1) is 0 Å². The van der Waals surface area contributed by atoms with E-state index in [2.05, 4.69) is 16.4 Å². The third-order valence-corrected chi connectivity index (χ3v) is 3.13. The molecule has 0 aliphatic carbocycles. The maximum Gasteiger partial charge on any atom is 0.138 e. The Labute approximate surface area is 121 Å². The Bertz CT molecular complexity index is 699. The van der Waals surface area contributed by atoms with Crippen LogP contribution in [0.4, 0.5) is 11.5 Å². The first kappa shape index (κ1) is 15.9. The normalized spacial score (nSPS) is 9.45. The van der Waals surface area contributed by atoms with Crippen molar-refractivity contribution in [2.24, 2.45) is 0 Å². The van der Waals surface area contributed by atoms with Crippen LogP contribution in [0.2, 0.25) is 5.02 Å². The van der Waals surface area contributed by atoms with Crippen molar-refractivity contribution < 1.29 is 11.0 Å². The molecule has 4 nitrogen and oxygen atoms in total. The summed E-state index contributed by atoms with van der Waals surface area (Å²) in [6.07, 6.45) is 1.79. The van der Waals surface area contributed by atoms with E-state index in [1.807, 2.05) is 48.5 Å². The van der Waals surface area contributed by atoms with Crippen molar-refractivity contribution >= 4 is 33.9 Å². The van der Waals surface area contributed by atoms with Gasteiger partial charge in [0.25, 0.3) is 0 Å². The second kappa shape index (κ2) is 6.86. The number of rotatable bonds is 2. The summed E-state index contributed by atoms with van der Waals surface area (Å²) >= 11 is 6.14. The number of nitrogens with zero attached hydrogens (tertiary/aromatic N) is 1.